The van der Waals surface area contributed by atoms with E-state index in [1.54, 1.807) is 17.0 Å². The number of aryl methyl sites for hydroxylation is 1. The number of likely N-dealkylation sites (tertiary alicyclic amines) is 1. The first-order valence-electron chi connectivity index (χ1n) is 9.26. The van der Waals surface area contributed by atoms with Crippen LogP contribution in [-0.2, 0) is 16.0 Å². The highest BCUT2D eigenvalue weighted by atomic mass is 35.5. The van der Waals surface area contributed by atoms with Crippen molar-refractivity contribution < 1.29 is 14.7 Å². The quantitative estimate of drug-likeness (QED) is 0.700. The van der Waals surface area contributed by atoms with Gasteiger partial charge in [-0.15, -0.1) is 0 Å². The number of hydrogen-bond donors (Lipinski definition) is 2. The van der Waals surface area contributed by atoms with Crippen molar-refractivity contribution in [2.45, 2.75) is 19.3 Å². The van der Waals surface area contributed by atoms with Gasteiger partial charge in [-0.25, -0.2) is 0 Å². The Kier molecular flexibility index (Phi) is 4.85. The van der Waals surface area contributed by atoms with E-state index in [9.17, 15) is 14.7 Å². The van der Waals surface area contributed by atoms with Crippen LogP contribution in [0.4, 0.5) is 0 Å². The number of benzene rings is 2. The fourth-order valence-corrected chi connectivity index (χ4v) is 4.26. The molecule has 2 heterocycles. The molecule has 5 nitrogen and oxygen atoms in total. The third kappa shape index (κ3) is 3.38. The van der Waals surface area contributed by atoms with Gasteiger partial charge < -0.3 is 15.0 Å². The minimum Gasteiger partial charge on any atom is -0.481 e. The number of carboxylic acids is 1. The van der Waals surface area contributed by atoms with Gasteiger partial charge in [-0.2, -0.15) is 0 Å². The van der Waals surface area contributed by atoms with Gasteiger partial charge in [0.25, 0.3) is 0 Å². The molecule has 2 N–H and O–H groups in total. The Labute approximate surface area is 167 Å². The van der Waals surface area contributed by atoms with Crippen LogP contribution in [0.25, 0.3) is 10.9 Å². The number of aromatic nitrogens is 1. The second kappa shape index (κ2) is 7.32. The minimum atomic E-state index is -0.876. The van der Waals surface area contributed by atoms with E-state index in [1.165, 1.54) is 0 Å². The number of rotatable bonds is 4. The number of amides is 1. The lowest BCUT2D eigenvalue weighted by molar-refractivity contribution is -0.141. The summed E-state index contributed by atoms with van der Waals surface area (Å²) >= 11 is 5.95. The number of nitrogens with zero attached hydrogens (tertiary/aromatic N) is 1. The lowest BCUT2D eigenvalue weighted by Gasteiger charge is -2.17. The molecule has 2 aromatic carbocycles. The zero-order valence-electron chi connectivity index (χ0n) is 15.5. The topological polar surface area (TPSA) is 73.4 Å². The summed E-state index contributed by atoms with van der Waals surface area (Å²) in [5.41, 5.74) is 3.85. The summed E-state index contributed by atoms with van der Waals surface area (Å²) in [4.78, 5) is 29.8. The van der Waals surface area contributed by atoms with Gasteiger partial charge in [-0.1, -0.05) is 41.9 Å². The molecule has 6 heteroatoms. The first kappa shape index (κ1) is 18.6. The summed E-state index contributed by atoms with van der Waals surface area (Å²) in [5, 5.41) is 11.3. The van der Waals surface area contributed by atoms with Crippen molar-refractivity contribution in [3.8, 4) is 0 Å². The summed E-state index contributed by atoms with van der Waals surface area (Å²) in [6, 6.07) is 15.1. The molecule has 1 aromatic heterocycles. The number of aromatic amines is 1. The van der Waals surface area contributed by atoms with Crippen molar-refractivity contribution in [1.29, 1.82) is 0 Å². The van der Waals surface area contributed by atoms with E-state index in [0.717, 1.165) is 27.7 Å². The molecule has 144 valence electrons. The van der Waals surface area contributed by atoms with Gasteiger partial charge >= 0.3 is 5.97 Å². The predicted molar refractivity (Wildman–Crippen MR) is 109 cm³/mol. The number of para-hydroxylation sites is 1. The molecule has 0 saturated carbocycles. The Morgan fingerprint density at radius 2 is 1.86 bits per heavy atom. The van der Waals surface area contributed by atoms with Crippen molar-refractivity contribution in [3.63, 3.8) is 0 Å². The standard InChI is InChI=1S/C22H21ClN2O3/c1-13-17(16-4-2-3-5-20(16)24-13)10-21(26)25-11-18(19(12-25)22(27)28)14-6-8-15(23)9-7-14/h2-9,18-19,24H,10-12H2,1H3,(H,27,28)/t18-,19+/m0/s1. The first-order chi connectivity index (χ1) is 13.4. The van der Waals surface area contributed by atoms with Crippen molar-refractivity contribution in [2.24, 2.45) is 5.92 Å². The number of aliphatic carboxylic acids is 1. The lowest BCUT2D eigenvalue weighted by Crippen LogP contribution is -2.31. The zero-order chi connectivity index (χ0) is 19.8. The average molecular weight is 397 g/mol. The van der Waals surface area contributed by atoms with Crippen LogP contribution in [0, 0.1) is 12.8 Å². The summed E-state index contributed by atoms with van der Waals surface area (Å²) in [6.45, 7) is 2.59. The maximum absolute atomic E-state index is 13.0. The lowest BCUT2D eigenvalue weighted by atomic mass is 9.89. The molecule has 2 atom stereocenters. The molecule has 28 heavy (non-hydrogen) atoms. The fourth-order valence-electron chi connectivity index (χ4n) is 4.13. The van der Waals surface area contributed by atoms with Gasteiger partial charge in [-0.3, -0.25) is 9.59 Å². The van der Waals surface area contributed by atoms with E-state index in [0.29, 0.717) is 11.6 Å². The highest BCUT2D eigenvalue weighted by molar-refractivity contribution is 6.30. The van der Waals surface area contributed by atoms with Gasteiger partial charge in [0, 0.05) is 40.6 Å². The van der Waals surface area contributed by atoms with E-state index in [4.69, 9.17) is 11.6 Å². The van der Waals surface area contributed by atoms with Crippen LogP contribution < -0.4 is 0 Å². The van der Waals surface area contributed by atoms with Crippen LogP contribution in [0.2, 0.25) is 5.02 Å². The summed E-state index contributed by atoms with van der Waals surface area (Å²) in [6.07, 6.45) is 0.259. The van der Waals surface area contributed by atoms with Crippen molar-refractivity contribution in [3.05, 3.63) is 70.4 Å². The van der Waals surface area contributed by atoms with Gasteiger partial charge in [0.05, 0.1) is 12.3 Å². The maximum atomic E-state index is 13.0. The molecular formula is C22H21ClN2O3. The van der Waals surface area contributed by atoms with Crippen molar-refractivity contribution in [1.82, 2.24) is 9.88 Å². The predicted octanol–water partition coefficient (Wildman–Crippen LogP) is 4.00. The van der Waals surface area contributed by atoms with E-state index < -0.39 is 11.9 Å². The van der Waals surface area contributed by atoms with E-state index in [1.807, 2.05) is 43.3 Å². The number of nitrogens with one attached hydrogen (secondary N) is 1. The molecule has 1 fully saturated rings. The Bertz CT molecular complexity index is 1040. The number of carboxylic acid groups (broad SMARTS) is 1. The van der Waals surface area contributed by atoms with Gasteiger partial charge in [0.15, 0.2) is 0 Å². The summed E-state index contributed by atoms with van der Waals surface area (Å²) in [5.74, 6) is -1.77. The van der Waals surface area contributed by atoms with E-state index >= 15 is 0 Å². The minimum absolute atomic E-state index is 0.0458. The van der Waals surface area contributed by atoms with Gasteiger partial charge in [0.1, 0.15) is 0 Å². The van der Waals surface area contributed by atoms with Crippen LogP contribution in [0.3, 0.4) is 0 Å². The third-order valence-electron chi connectivity index (χ3n) is 5.64. The molecule has 1 aliphatic heterocycles. The second-order valence-electron chi connectivity index (χ2n) is 7.35. The molecule has 1 amide bonds. The number of hydrogen-bond acceptors (Lipinski definition) is 2. The van der Waals surface area contributed by atoms with Crippen LogP contribution in [0.5, 0.6) is 0 Å². The smallest absolute Gasteiger partial charge is 0.308 e. The van der Waals surface area contributed by atoms with Crippen molar-refractivity contribution >= 4 is 34.4 Å². The average Bonchev–Trinajstić information content (AvgIpc) is 3.25. The van der Waals surface area contributed by atoms with Crippen LogP contribution in [0.1, 0.15) is 22.7 Å². The summed E-state index contributed by atoms with van der Waals surface area (Å²) in [7, 11) is 0. The fraction of sp³-hybridized carbons (Fsp3) is 0.273. The largest absolute Gasteiger partial charge is 0.481 e. The first-order valence-corrected chi connectivity index (χ1v) is 9.64. The molecule has 0 bridgehead atoms. The van der Waals surface area contributed by atoms with Gasteiger partial charge in [0.2, 0.25) is 5.91 Å². The molecular weight excluding hydrogens is 376 g/mol. The molecule has 0 unspecified atom stereocenters. The Hall–Kier alpha value is -2.79. The van der Waals surface area contributed by atoms with Crippen molar-refractivity contribution in [2.75, 3.05) is 13.1 Å². The Morgan fingerprint density at radius 1 is 1.14 bits per heavy atom. The number of fused-ring (bicyclic) bond motifs is 1. The zero-order valence-corrected chi connectivity index (χ0v) is 16.2. The van der Waals surface area contributed by atoms with E-state index in [-0.39, 0.29) is 24.8 Å². The molecule has 1 saturated heterocycles. The Balaban J connectivity index is 1.57. The molecule has 3 aromatic rings. The molecule has 4 rings (SSSR count). The number of carbonyl (C=O) groups excluding carboxylic acids is 1. The normalized spacial score (nSPS) is 19.3. The third-order valence-corrected chi connectivity index (χ3v) is 5.89. The number of halogens is 1. The van der Waals surface area contributed by atoms with Crippen LogP contribution in [0.15, 0.2) is 48.5 Å². The number of H-pyrrole nitrogens is 1. The molecule has 1 aliphatic rings. The summed E-state index contributed by atoms with van der Waals surface area (Å²) < 4.78 is 0. The molecule has 0 spiro atoms. The van der Waals surface area contributed by atoms with Crippen LogP contribution >= 0.6 is 11.6 Å². The van der Waals surface area contributed by atoms with Gasteiger partial charge in [-0.05, 0) is 36.2 Å². The van der Waals surface area contributed by atoms with Crippen LogP contribution in [-0.4, -0.2) is 40.0 Å². The van der Waals surface area contributed by atoms with E-state index in [2.05, 4.69) is 4.98 Å². The molecule has 0 aliphatic carbocycles. The highest BCUT2D eigenvalue weighted by Gasteiger charge is 2.40. The monoisotopic (exact) mass is 396 g/mol. The number of carbonyl (C=O) groups is 2. The maximum Gasteiger partial charge on any atom is 0.308 e. The second-order valence-corrected chi connectivity index (χ2v) is 7.79. The Morgan fingerprint density at radius 3 is 2.57 bits per heavy atom. The molecule has 0 radical (unpaired) electrons. The SMILES string of the molecule is Cc1[nH]c2ccccc2c1CC(=O)N1C[C@@H](C(=O)O)[C@H](c2ccc(Cl)cc2)C1. The highest BCUT2D eigenvalue weighted by Crippen LogP contribution is 2.34.